The van der Waals surface area contributed by atoms with Crippen LogP contribution >= 0.6 is 11.6 Å². The molecule has 2 aliphatic carbocycles. The first-order chi connectivity index (χ1) is 6.83. The zero-order valence-corrected chi connectivity index (χ0v) is 8.54. The van der Waals surface area contributed by atoms with E-state index >= 15 is 0 Å². The number of hydrogen-bond acceptors (Lipinski definition) is 3. The van der Waals surface area contributed by atoms with Crippen molar-refractivity contribution in [2.24, 2.45) is 11.8 Å². The number of hydrogen-bond donors (Lipinski definition) is 1. The van der Waals surface area contributed by atoms with E-state index in [1.807, 2.05) is 6.07 Å². The second-order valence-corrected chi connectivity index (χ2v) is 4.54. The van der Waals surface area contributed by atoms with Crippen LogP contribution in [0.2, 0.25) is 5.28 Å². The molecule has 0 aromatic carbocycles. The van der Waals surface area contributed by atoms with Gasteiger partial charge in [0.15, 0.2) is 0 Å². The maximum Gasteiger partial charge on any atom is 0.224 e. The molecule has 1 aromatic rings. The van der Waals surface area contributed by atoms with Crippen molar-refractivity contribution in [3.8, 4) is 0 Å². The number of nitrogens with one attached hydrogen (secondary N) is 1. The molecule has 2 fully saturated rings. The molecule has 2 aliphatic rings. The van der Waals surface area contributed by atoms with E-state index in [-0.39, 0.29) is 0 Å². The van der Waals surface area contributed by atoms with Crippen molar-refractivity contribution in [3.05, 3.63) is 17.5 Å². The van der Waals surface area contributed by atoms with Crippen LogP contribution < -0.4 is 5.32 Å². The lowest BCUT2D eigenvalue weighted by Gasteiger charge is -2.03. The van der Waals surface area contributed by atoms with Crippen LogP contribution in [0.1, 0.15) is 19.3 Å². The van der Waals surface area contributed by atoms with Gasteiger partial charge in [-0.15, -0.1) is 0 Å². The maximum atomic E-state index is 5.70. The first kappa shape index (κ1) is 8.48. The van der Waals surface area contributed by atoms with Crippen LogP contribution in [0.25, 0.3) is 0 Å². The minimum Gasteiger partial charge on any atom is -0.367 e. The molecular formula is C10H12ClN3. The molecule has 0 saturated heterocycles. The quantitative estimate of drug-likeness (QED) is 0.777. The second-order valence-electron chi connectivity index (χ2n) is 4.20. The molecule has 4 heteroatoms. The summed E-state index contributed by atoms with van der Waals surface area (Å²) in [6, 6.07) is 2.50. The minimum atomic E-state index is 0.318. The number of halogens is 1. The van der Waals surface area contributed by atoms with Crippen LogP contribution in [0, 0.1) is 11.8 Å². The molecule has 2 atom stereocenters. The fourth-order valence-electron chi connectivity index (χ4n) is 2.03. The van der Waals surface area contributed by atoms with Gasteiger partial charge in [-0.3, -0.25) is 0 Å². The molecule has 3 rings (SSSR count). The average Bonchev–Trinajstić information content (AvgIpc) is 2.96. The van der Waals surface area contributed by atoms with Gasteiger partial charge in [0, 0.05) is 12.2 Å². The third-order valence-corrected chi connectivity index (χ3v) is 3.21. The van der Waals surface area contributed by atoms with Crippen molar-refractivity contribution < 1.29 is 0 Å². The van der Waals surface area contributed by atoms with Crippen molar-refractivity contribution in [1.29, 1.82) is 0 Å². The lowest BCUT2D eigenvalue weighted by molar-refractivity contribution is 0.696. The van der Waals surface area contributed by atoms with Crippen molar-refractivity contribution in [3.63, 3.8) is 0 Å². The van der Waals surface area contributed by atoms with Crippen molar-refractivity contribution in [1.82, 2.24) is 9.97 Å². The van der Waals surface area contributed by atoms with E-state index in [1.165, 1.54) is 19.3 Å². The second kappa shape index (κ2) is 3.09. The molecule has 1 aromatic heterocycles. The molecule has 0 spiro atoms. The van der Waals surface area contributed by atoms with Gasteiger partial charge in [0.05, 0.1) is 0 Å². The third-order valence-electron chi connectivity index (χ3n) is 3.03. The summed E-state index contributed by atoms with van der Waals surface area (Å²) in [4.78, 5) is 7.96. The highest BCUT2D eigenvalue weighted by molar-refractivity contribution is 6.28. The highest BCUT2D eigenvalue weighted by Gasteiger charge is 2.47. The van der Waals surface area contributed by atoms with Crippen LogP contribution in [-0.2, 0) is 0 Å². The Bertz CT molecular complexity index is 351. The van der Waals surface area contributed by atoms with Gasteiger partial charge in [-0.25, -0.2) is 9.97 Å². The van der Waals surface area contributed by atoms with E-state index in [4.69, 9.17) is 11.6 Å². The van der Waals surface area contributed by atoms with Gasteiger partial charge >= 0.3 is 0 Å². The summed E-state index contributed by atoms with van der Waals surface area (Å²) < 4.78 is 0. The highest BCUT2D eigenvalue weighted by Crippen LogP contribution is 2.50. The molecule has 2 unspecified atom stereocenters. The molecule has 1 N–H and O–H groups in total. The van der Waals surface area contributed by atoms with Gasteiger partial charge in [0.2, 0.25) is 5.28 Å². The Morgan fingerprint density at radius 3 is 3.00 bits per heavy atom. The number of nitrogens with zero attached hydrogens (tertiary/aromatic N) is 2. The molecule has 74 valence electrons. The van der Waals surface area contributed by atoms with E-state index in [2.05, 4.69) is 15.3 Å². The number of rotatable bonds is 3. The number of aromatic nitrogens is 2. The van der Waals surface area contributed by atoms with Crippen LogP contribution in [-0.4, -0.2) is 16.0 Å². The van der Waals surface area contributed by atoms with Crippen molar-refractivity contribution >= 4 is 17.4 Å². The maximum absolute atomic E-state index is 5.70. The molecule has 0 radical (unpaired) electrons. The fourth-order valence-corrected chi connectivity index (χ4v) is 2.18. The van der Waals surface area contributed by atoms with Crippen LogP contribution in [0.15, 0.2) is 12.3 Å². The Morgan fingerprint density at radius 1 is 1.43 bits per heavy atom. The van der Waals surface area contributed by atoms with Crippen LogP contribution in [0.4, 0.5) is 5.82 Å². The highest BCUT2D eigenvalue weighted by atomic mass is 35.5. The zero-order valence-electron chi connectivity index (χ0n) is 7.78. The zero-order chi connectivity index (χ0) is 9.54. The largest absolute Gasteiger partial charge is 0.367 e. The molecule has 0 bridgehead atoms. The van der Waals surface area contributed by atoms with Gasteiger partial charge in [0.1, 0.15) is 5.82 Å². The van der Waals surface area contributed by atoms with Crippen LogP contribution in [0.3, 0.4) is 0 Å². The van der Waals surface area contributed by atoms with E-state index in [9.17, 15) is 0 Å². The Kier molecular flexibility index (Phi) is 1.87. The fraction of sp³-hybridized carbons (Fsp3) is 0.600. The summed E-state index contributed by atoms with van der Waals surface area (Å²) >= 11 is 5.70. The summed E-state index contributed by atoms with van der Waals surface area (Å²) in [5.41, 5.74) is 0. The Hall–Kier alpha value is -0.830. The lowest BCUT2D eigenvalue weighted by atomic mass is 10.3. The smallest absolute Gasteiger partial charge is 0.224 e. The van der Waals surface area contributed by atoms with Gasteiger partial charge in [-0.2, -0.15) is 0 Å². The summed E-state index contributed by atoms with van der Waals surface area (Å²) in [7, 11) is 0. The molecule has 1 heterocycles. The predicted molar refractivity (Wildman–Crippen MR) is 55.3 cm³/mol. The van der Waals surface area contributed by atoms with Gasteiger partial charge < -0.3 is 5.32 Å². The molecular weight excluding hydrogens is 198 g/mol. The lowest BCUT2D eigenvalue weighted by Crippen LogP contribution is -2.07. The first-order valence-corrected chi connectivity index (χ1v) is 5.46. The molecule has 0 aliphatic heterocycles. The van der Waals surface area contributed by atoms with E-state index in [0.717, 1.165) is 17.7 Å². The van der Waals surface area contributed by atoms with Crippen molar-refractivity contribution in [2.75, 3.05) is 5.32 Å². The van der Waals surface area contributed by atoms with Gasteiger partial charge in [0.25, 0.3) is 0 Å². The van der Waals surface area contributed by atoms with Gasteiger partial charge in [-0.1, -0.05) is 0 Å². The normalized spacial score (nSPS) is 30.1. The summed E-state index contributed by atoms with van der Waals surface area (Å²) in [6.45, 7) is 0. The topological polar surface area (TPSA) is 37.8 Å². The Balaban J connectivity index is 1.62. The summed E-state index contributed by atoms with van der Waals surface area (Å²) in [6.07, 6.45) is 5.83. The summed E-state index contributed by atoms with van der Waals surface area (Å²) in [5, 5.41) is 3.71. The summed E-state index contributed by atoms with van der Waals surface area (Å²) in [5.74, 6) is 2.74. The number of anilines is 1. The molecule has 0 amide bonds. The molecule has 3 nitrogen and oxygen atoms in total. The van der Waals surface area contributed by atoms with E-state index in [1.54, 1.807) is 6.20 Å². The predicted octanol–water partition coefficient (Wildman–Crippen LogP) is 2.34. The standard InChI is InChI=1S/C10H12ClN3/c11-10-12-4-3-9(14-10)13-8-5-7(8)6-1-2-6/h3-4,6-8H,1-2,5H2,(H,12,13,14). The van der Waals surface area contributed by atoms with E-state index < -0.39 is 0 Å². The first-order valence-electron chi connectivity index (χ1n) is 5.08. The molecule has 2 saturated carbocycles. The monoisotopic (exact) mass is 209 g/mol. The SMILES string of the molecule is Clc1nccc(NC2CC2C2CC2)n1. The Morgan fingerprint density at radius 2 is 2.29 bits per heavy atom. The van der Waals surface area contributed by atoms with Gasteiger partial charge in [-0.05, 0) is 48.8 Å². The molecule has 14 heavy (non-hydrogen) atoms. The van der Waals surface area contributed by atoms with E-state index in [0.29, 0.717) is 11.3 Å². The minimum absolute atomic E-state index is 0.318. The average molecular weight is 210 g/mol. The Labute approximate surface area is 87.9 Å². The van der Waals surface area contributed by atoms with Crippen molar-refractivity contribution in [2.45, 2.75) is 25.3 Å². The van der Waals surface area contributed by atoms with Crippen LogP contribution in [0.5, 0.6) is 0 Å². The third kappa shape index (κ3) is 1.69.